The summed E-state index contributed by atoms with van der Waals surface area (Å²) in [7, 11) is 0. The van der Waals surface area contributed by atoms with E-state index >= 15 is 0 Å². The molecule has 0 spiro atoms. The SMILES string of the molecule is O=C(/C=C/c1ccc(Cl)cc1Cl)N(Cc1ccccc1F)CC1CCCO1. The van der Waals surface area contributed by atoms with E-state index in [1.165, 1.54) is 12.1 Å². The molecule has 1 heterocycles. The Bertz CT molecular complexity index is 835. The predicted molar refractivity (Wildman–Crippen MR) is 106 cm³/mol. The van der Waals surface area contributed by atoms with E-state index in [2.05, 4.69) is 0 Å². The summed E-state index contributed by atoms with van der Waals surface area (Å²) >= 11 is 12.0. The van der Waals surface area contributed by atoms with E-state index in [1.54, 1.807) is 47.4 Å². The zero-order chi connectivity index (χ0) is 19.2. The number of rotatable bonds is 6. The van der Waals surface area contributed by atoms with Crippen molar-refractivity contribution in [1.29, 1.82) is 0 Å². The van der Waals surface area contributed by atoms with Crippen LogP contribution in [0.5, 0.6) is 0 Å². The van der Waals surface area contributed by atoms with Gasteiger partial charge in [0.25, 0.3) is 0 Å². The van der Waals surface area contributed by atoms with Crippen LogP contribution in [0.4, 0.5) is 4.39 Å². The first-order valence-corrected chi connectivity index (χ1v) is 9.55. The first kappa shape index (κ1) is 19.9. The Morgan fingerprint density at radius 3 is 2.78 bits per heavy atom. The molecule has 0 aromatic heterocycles. The van der Waals surface area contributed by atoms with Crippen LogP contribution in [0, 0.1) is 5.82 Å². The third-order valence-electron chi connectivity index (χ3n) is 4.45. The fraction of sp³-hybridized carbons (Fsp3) is 0.286. The van der Waals surface area contributed by atoms with E-state index in [1.807, 2.05) is 0 Å². The van der Waals surface area contributed by atoms with Gasteiger partial charge in [-0.2, -0.15) is 0 Å². The minimum atomic E-state index is -0.327. The Morgan fingerprint density at radius 1 is 1.26 bits per heavy atom. The van der Waals surface area contributed by atoms with Crippen molar-refractivity contribution in [1.82, 2.24) is 4.90 Å². The van der Waals surface area contributed by atoms with Crippen molar-refractivity contribution in [3.8, 4) is 0 Å². The van der Waals surface area contributed by atoms with Crippen LogP contribution in [0.2, 0.25) is 10.0 Å². The van der Waals surface area contributed by atoms with Crippen molar-refractivity contribution >= 4 is 35.2 Å². The summed E-state index contributed by atoms with van der Waals surface area (Å²) in [4.78, 5) is 14.4. The van der Waals surface area contributed by atoms with Gasteiger partial charge in [0.1, 0.15) is 5.82 Å². The molecule has 1 atom stereocenters. The summed E-state index contributed by atoms with van der Waals surface area (Å²) in [6.07, 6.45) is 4.94. The highest BCUT2D eigenvalue weighted by Crippen LogP contribution is 2.22. The predicted octanol–water partition coefficient (Wildman–Crippen LogP) is 5.35. The molecule has 1 amide bonds. The van der Waals surface area contributed by atoms with E-state index in [-0.39, 0.29) is 24.4 Å². The average Bonchev–Trinajstić information content (AvgIpc) is 3.15. The Labute approximate surface area is 168 Å². The normalized spacial score (nSPS) is 16.8. The standard InChI is InChI=1S/C21H20Cl2FNO2/c22-17-9-7-15(19(23)12-17)8-10-21(26)25(14-18-5-3-11-27-18)13-16-4-1-2-6-20(16)24/h1-2,4,6-10,12,18H,3,5,11,13-14H2/b10-8+. The van der Waals surface area contributed by atoms with E-state index in [4.69, 9.17) is 27.9 Å². The highest BCUT2D eigenvalue weighted by Gasteiger charge is 2.22. The summed E-state index contributed by atoms with van der Waals surface area (Å²) in [6, 6.07) is 11.6. The van der Waals surface area contributed by atoms with E-state index < -0.39 is 0 Å². The van der Waals surface area contributed by atoms with Crippen LogP contribution < -0.4 is 0 Å². The molecule has 0 radical (unpaired) electrons. The molecule has 6 heteroatoms. The molecule has 0 N–H and O–H groups in total. The number of carbonyl (C=O) groups is 1. The molecule has 2 aromatic rings. The highest BCUT2D eigenvalue weighted by molar-refractivity contribution is 6.35. The van der Waals surface area contributed by atoms with Gasteiger partial charge in [0.15, 0.2) is 0 Å². The molecule has 0 bridgehead atoms. The number of ether oxygens (including phenoxy) is 1. The van der Waals surface area contributed by atoms with Gasteiger partial charge in [0, 0.05) is 41.4 Å². The fourth-order valence-electron chi connectivity index (χ4n) is 3.00. The quantitative estimate of drug-likeness (QED) is 0.603. The van der Waals surface area contributed by atoms with Gasteiger partial charge in [-0.3, -0.25) is 4.79 Å². The largest absolute Gasteiger partial charge is 0.376 e. The second-order valence-corrected chi connectivity index (χ2v) is 7.29. The third-order valence-corrected chi connectivity index (χ3v) is 5.01. The number of benzene rings is 2. The van der Waals surface area contributed by atoms with Gasteiger partial charge in [0.05, 0.1) is 6.10 Å². The number of carbonyl (C=O) groups excluding carboxylic acids is 1. The number of nitrogens with zero attached hydrogens (tertiary/aromatic N) is 1. The van der Waals surface area contributed by atoms with Gasteiger partial charge in [-0.25, -0.2) is 4.39 Å². The summed E-state index contributed by atoms with van der Waals surface area (Å²) in [5, 5.41) is 0.995. The van der Waals surface area contributed by atoms with E-state index in [0.29, 0.717) is 34.3 Å². The summed E-state index contributed by atoms with van der Waals surface area (Å²) in [5.74, 6) is -0.549. The number of amides is 1. The minimum Gasteiger partial charge on any atom is -0.376 e. The Hall–Kier alpha value is -1.88. The van der Waals surface area contributed by atoms with Crippen LogP contribution in [0.25, 0.3) is 6.08 Å². The molecule has 1 fully saturated rings. The lowest BCUT2D eigenvalue weighted by molar-refractivity contribution is -0.128. The summed E-state index contributed by atoms with van der Waals surface area (Å²) in [5.41, 5.74) is 1.17. The second kappa shape index (κ2) is 9.36. The molecular weight excluding hydrogens is 388 g/mol. The fourth-order valence-corrected chi connectivity index (χ4v) is 3.47. The maximum atomic E-state index is 14.1. The molecule has 2 aromatic carbocycles. The van der Waals surface area contributed by atoms with Gasteiger partial charge in [-0.05, 0) is 42.7 Å². The van der Waals surface area contributed by atoms with E-state index in [0.717, 1.165) is 12.8 Å². The smallest absolute Gasteiger partial charge is 0.246 e. The molecule has 142 valence electrons. The number of hydrogen-bond donors (Lipinski definition) is 0. The van der Waals surface area contributed by atoms with Crippen molar-refractivity contribution < 1.29 is 13.9 Å². The van der Waals surface area contributed by atoms with Crippen LogP contribution in [-0.2, 0) is 16.1 Å². The summed E-state index contributed by atoms with van der Waals surface area (Å²) < 4.78 is 19.7. The molecule has 3 rings (SSSR count). The molecule has 1 unspecified atom stereocenters. The lowest BCUT2D eigenvalue weighted by Crippen LogP contribution is -2.36. The lowest BCUT2D eigenvalue weighted by Gasteiger charge is -2.24. The molecular formula is C21H20Cl2FNO2. The van der Waals surface area contributed by atoms with Crippen LogP contribution >= 0.6 is 23.2 Å². The van der Waals surface area contributed by atoms with Crippen LogP contribution in [0.1, 0.15) is 24.0 Å². The molecule has 27 heavy (non-hydrogen) atoms. The molecule has 1 aliphatic heterocycles. The monoisotopic (exact) mass is 407 g/mol. The first-order chi connectivity index (χ1) is 13.0. The average molecular weight is 408 g/mol. The Morgan fingerprint density at radius 2 is 2.07 bits per heavy atom. The van der Waals surface area contributed by atoms with Crippen LogP contribution in [0.3, 0.4) is 0 Å². The molecule has 0 aliphatic carbocycles. The van der Waals surface area contributed by atoms with Gasteiger partial charge < -0.3 is 9.64 Å². The molecule has 0 saturated carbocycles. The number of hydrogen-bond acceptors (Lipinski definition) is 2. The molecule has 1 aliphatic rings. The van der Waals surface area contributed by atoms with Gasteiger partial charge >= 0.3 is 0 Å². The van der Waals surface area contributed by atoms with Crippen molar-refractivity contribution in [2.24, 2.45) is 0 Å². The minimum absolute atomic E-state index is 0.0201. The van der Waals surface area contributed by atoms with Crippen molar-refractivity contribution in [2.45, 2.75) is 25.5 Å². The first-order valence-electron chi connectivity index (χ1n) is 8.80. The maximum absolute atomic E-state index is 14.1. The zero-order valence-corrected chi connectivity index (χ0v) is 16.2. The maximum Gasteiger partial charge on any atom is 0.246 e. The zero-order valence-electron chi connectivity index (χ0n) is 14.7. The van der Waals surface area contributed by atoms with Crippen LogP contribution in [-0.4, -0.2) is 30.1 Å². The molecule has 1 saturated heterocycles. The topological polar surface area (TPSA) is 29.5 Å². The van der Waals surface area contributed by atoms with Crippen LogP contribution in [0.15, 0.2) is 48.5 Å². The van der Waals surface area contributed by atoms with Gasteiger partial charge in [0.2, 0.25) is 5.91 Å². The second-order valence-electron chi connectivity index (χ2n) is 6.44. The summed E-state index contributed by atoms with van der Waals surface area (Å²) in [6.45, 7) is 1.30. The number of halogens is 3. The van der Waals surface area contributed by atoms with Crippen molar-refractivity contribution in [3.63, 3.8) is 0 Å². The van der Waals surface area contributed by atoms with Gasteiger partial charge in [-0.1, -0.05) is 47.5 Å². The Balaban J connectivity index is 1.76. The molecule has 3 nitrogen and oxygen atoms in total. The van der Waals surface area contributed by atoms with Crippen molar-refractivity contribution in [2.75, 3.05) is 13.2 Å². The Kier molecular flexibility index (Phi) is 6.89. The van der Waals surface area contributed by atoms with Crippen molar-refractivity contribution in [3.05, 3.63) is 75.5 Å². The van der Waals surface area contributed by atoms with E-state index in [9.17, 15) is 9.18 Å². The third kappa shape index (κ3) is 5.55. The van der Waals surface area contributed by atoms with Gasteiger partial charge in [-0.15, -0.1) is 0 Å². The highest BCUT2D eigenvalue weighted by atomic mass is 35.5. The lowest BCUT2D eigenvalue weighted by atomic mass is 10.1.